The van der Waals surface area contributed by atoms with Crippen molar-refractivity contribution >= 4 is 23.1 Å². The molecule has 0 saturated heterocycles. The van der Waals surface area contributed by atoms with Crippen LogP contribution in [0.25, 0.3) is 11.0 Å². The molecule has 3 aromatic rings. The van der Waals surface area contributed by atoms with E-state index in [1.54, 1.807) is 12.4 Å². The van der Waals surface area contributed by atoms with Crippen LogP contribution in [0.15, 0.2) is 46.4 Å². The molecule has 0 fully saturated rings. The van der Waals surface area contributed by atoms with Crippen LogP contribution >= 0.6 is 0 Å². The first-order valence-corrected chi connectivity index (χ1v) is 5.60. The molecule has 0 aliphatic carbocycles. The molecule has 3 rings (SSSR count). The number of anilines is 1. The molecule has 0 bridgehead atoms. The number of hydrogen-bond donors (Lipinski definition) is 3. The summed E-state index contributed by atoms with van der Waals surface area (Å²) in [5, 5.41) is 11.2. The summed E-state index contributed by atoms with van der Waals surface area (Å²) in [7, 11) is 0. The molecule has 1 aromatic carbocycles. The van der Waals surface area contributed by atoms with Crippen molar-refractivity contribution in [3.63, 3.8) is 0 Å². The highest BCUT2D eigenvalue weighted by atomic mass is 16.1. The van der Waals surface area contributed by atoms with Gasteiger partial charge in [0.2, 0.25) is 0 Å². The molecule has 0 aliphatic rings. The fourth-order valence-corrected chi connectivity index (χ4v) is 1.65. The Morgan fingerprint density at radius 2 is 2.11 bits per heavy atom. The highest BCUT2D eigenvalue weighted by Gasteiger charge is 2.04. The molecular formula is C12H10N6O. The van der Waals surface area contributed by atoms with Crippen molar-refractivity contribution in [2.24, 2.45) is 5.10 Å². The molecule has 94 valence electrons. The fraction of sp³-hybridized carbons (Fsp3) is 0. The van der Waals surface area contributed by atoms with Gasteiger partial charge in [0.15, 0.2) is 5.65 Å². The van der Waals surface area contributed by atoms with E-state index in [4.69, 9.17) is 0 Å². The quantitative estimate of drug-likeness (QED) is 0.481. The number of benzene rings is 1. The van der Waals surface area contributed by atoms with Gasteiger partial charge in [-0.2, -0.15) is 15.2 Å². The summed E-state index contributed by atoms with van der Waals surface area (Å²) >= 11 is 0. The van der Waals surface area contributed by atoms with Crippen molar-refractivity contribution in [2.75, 3.05) is 5.43 Å². The molecule has 0 saturated carbocycles. The number of hydrazone groups is 1. The molecule has 0 radical (unpaired) electrons. The van der Waals surface area contributed by atoms with Gasteiger partial charge in [-0.05, 0) is 5.56 Å². The van der Waals surface area contributed by atoms with Gasteiger partial charge in [-0.25, -0.2) is 4.79 Å². The standard InChI is InChI=1S/C12H10N6O/c19-12-15-10(9-7-14-18-11(9)16-12)17-13-6-8-4-2-1-3-5-8/h1-7H,(H3,14,15,16,17,18,19)/b13-6+. The second kappa shape index (κ2) is 4.73. The zero-order valence-corrected chi connectivity index (χ0v) is 9.79. The van der Waals surface area contributed by atoms with Gasteiger partial charge < -0.3 is 0 Å². The number of hydrogen-bond acceptors (Lipinski definition) is 5. The maximum absolute atomic E-state index is 11.3. The van der Waals surface area contributed by atoms with E-state index in [-0.39, 0.29) is 0 Å². The van der Waals surface area contributed by atoms with E-state index in [2.05, 4.69) is 30.7 Å². The van der Waals surface area contributed by atoms with Crippen LogP contribution in [0.1, 0.15) is 5.56 Å². The Labute approximate surface area is 107 Å². The van der Waals surface area contributed by atoms with Crippen LogP contribution in [0.2, 0.25) is 0 Å². The molecule has 2 aromatic heterocycles. The van der Waals surface area contributed by atoms with Crippen molar-refractivity contribution in [3.05, 3.63) is 52.6 Å². The molecule has 7 heteroatoms. The van der Waals surface area contributed by atoms with Crippen LogP contribution in [0, 0.1) is 0 Å². The first kappa shape index (κ1) is 11.1. The van der Waals surface area contributed by atoms with Crippen molar-refractivity contribution in [1.29, 1.82) is 0 Å². The van der Waals surface area contributed by atoms with Gasteiger partial charge in [-0.3, -0.25) is 15.5 Å². The maximum atomic E-state index is 11.3. The largest absolute Gasteiger partial charge is 0.348 e. The smallest absolute Gasteiger partial charge is 0.290 e. The number of aromatic nitrogens is 4. The van der Waals surface area contributed by atoms with Crippen molar-refractivity contribution in [3.8, 4) is 0 Å². The summed E-state index contributed by atoms with van der Waals surface area (Å²) in [6.07, 6.45) is 3.23. The molecule has 0 atom stereocenters. The van der Waals surface area contributed by atoms with E-state index in [0.29, 0.717) is 16.9 Å². The van der Waals surface area contributed by atoms with Crippen molar-refractivity contribution < 1.29 is 0 Å². The minimum Gasteiger partial charge on any atom is -0.290 e. The van der Waals surface area contributed by atoms with Gasteiger partial charge in [-0.15, -0.1) is 0 Å². The number of nitrogens with zero attached hydrogens (tertiary/aromatic N) is 3. The molecule has 0 unspecified atom stereocenters. The summed E-state index contributed by atoms with van der Waals surface area (Å²) in [5.41, 5.74) is 3.68. The van der Waals surface area contributed by atoms with Crippen LogP contribution in [-0.2, 0) is 0 Å². The summed E-state index contributed by atoms with van der Waals surface area (Å²) < 4.78 is 0. The Morgan fingerprint density at radius 1 is 1.26 bits per heavy atom. The van der Waals surface area contributed by atoms with Crippen LogP contribution in [0.5, 0.6) is 0 Å². The molecule has 19 heavy (non-hydrogen) atoms. The van der Waals surface area contributed by atoms with E-state index in [9.17, 15) is 4.79 Å². The zero-order chi connectivity index (χ0) is 13.1. The molecule has 0 spiro atoms. The van der Waals surface area contributed by atoms with E-state index in [0.717, 1.165) is 5.56 Å². The lowest BCUT2D eigenvalue weighted by atomic mass is 10.2. The van der Waals surface area contributed by atoms with E-state index in [1.807, 2.05) is 30.3 Å². The zero-order valence-electron chi connectivity index (χ0n) is 9.79. The Morgan fingerprint density at radius 3 is 2.95 bits per heavy atom. The average Bonchev–Trinajstić information content (AvgIpc) is 2.88. The third-order valence-electron chi connectivity index (χ3n) is 2.52. The van der Waals surface area contributed by atoms with Crippen LogP contribution in [-0.4, -0.2) is 26.4 Å². The predicted octanol–water partition coefficient (Wildman–Crippen LogP) is 1.09. The second-order valence-corrected chi connectivity index (χ2v) is 3.83. The molecule has 3 N–H and O–H groups in total. The average molecular weight is 254 g/mol. The van der Waals surface area contributed by atoms with Gasteiger partial charge in [-0.1, -0.05) is 30.3 Å². The minimum absolute atomic E-state index is 0.418. The predicted molar refractivity (Wildman–Crippen MR) is 72.2 cm³/mol. The Hall–Kier alpha value is -2.96. The Bertz CT molecular complexity index is 774. The fourth-order valence-electron chi connectivity index (χ4n) is 1.65. The lowest BCUT2D eigenvalue weighted by Crippen LogP contribution is -2.12. The molecule has 7 nitrogen and oxygen atoms in total. The first-order valence-electron chi connectivity index (χ1n) is 5.60. The molecule has 0 aliphatic heterocycles. The number of aromatic amines is 2. The highest BCUT2D eigenvalue weighted by Crippen LogP contribution is 2.14. The van der Waals surface area contributed by atoms with Gasteiger partial charge in [0.25, 0.3) is 0 Å². The van der Waals surface area contributed by atoms with Crippen LogP contribution < -0.4 is 11.1 Å². The highest BCUT2D eigenvalue weighted by molar-refractivity contribution is 5.86. The lowest BCUT2D eigenvalue weighted by Gasteiger charge is -2.00. The van der Waals surface area contributed by atoms with E-state index in [1.165, 1.54) is 0 Å². The van der Waals surface area contributed by atoms with Crippen LogP contribution in [0.3, 0.4) is 0 Å². The summed E-state index contributed by atoms with van der Waals surface area (Å²) in [5.74, 6) is 0.455. The summed E-state index contributed by atoms with van der Waals surface area (Å²) in [6, 6.07) is 9.62. The van der Waals surface area contributed by atoms with Gasteiger partial charge in [0.05, 0.1) is 17.8 Å². The van der Waals surface area contributed by atoms with Gasteiger partial charge in [0, 0.05) is 0 Å². The normalized spacial score (nSPS) is 11.2. The SMILES string of the molecule is O=c1nc2[nH]ncc2c(N/N=C/c2ccccc2)[nH]1. The third-order valence-corrected chi connectivity index (χ3v) is 2.52. The van der Waals surface area contributed by atoms with Crippen molar-refractivity contribution in [1.82, 2.24) is 20.2 Å². The van der Waals surface area contributed by atoms with E-state index < -0.39 is 5.69 Å². The molecule has 0 amide bonds. The maximum Gasteiger partial charge on any atom is 0.348 e. The third kappa shape index (κ3) is 2.34. The Balaban J connectivity index is 1.88. The number of rotatable bonds is 3. The molecule has 2 heterocycles. The topological polar surface area (TPSA) is 98.8 Å². The monoisotopic (exact) mass is 254 g/mol. The number of fused-ring (bicyclic) bond motifs is 1. The molecular weight excluding hydrogens is 244 g/mol. The Kier molecular flexibility index (Phi) is 2.77. The first-order chi connectivity index (χ1) is 9.33. The number of nitrogens with one attached hydrogen (secondary N) is 3. The minimum atomic E-state index is -0.464. The number of H-pyrrole nitrogens is 2. The summed E-state index contributed by atoms with van der Waals surface area (Å²) in [4.78, 5) is 17.6. The van der Waals surface area contributed by atoms with E-state index >= 15 is 0 Å². The van der Waals surface area contributed by atoms with Crippen LogP contribution in [0.4, 0.5) is 5.82 Å². The van der Waals surface area contributed by atoms with Gasteiger partial charge >= 0.3 is 5.69 Å². The van der Waals surface area contributed by atoms with Crippen molar-refractivity contribution in [2.45, 2.75) is 0 Å². The lowest BCUT2D eigenvalue weighted by molar-refractivity contribution is 1.06. The van der Waals surface area contributed by atoms with Gasteiger partial charge in [0.1, 0.15) is 5.82 Å². The summed E-state index contributed by atoms with van der Waals surface area (Å²) in [6.45, 7) is 0. The second-order valence-electron chi connectivity index (χ2n) is 3.83.